The number of halogens is 1. The van der Waals surface area contributed by atoms with Crippen molar-refractivity contribution in [1.29, 1.82) is 0 Å². The molecule has 7 nitrogen and oxygen atoms in total. The molecule has 0 aliphatic carbocycles. The van der Waals surface area contributed by atoms with E-state index in [1.165, 1.54) is 4.31 Å². The molecule has 2 amide bonds. The average Bonchev–Trinajstić information content (AvgIpc) is 2.81. The van der Waals surface area contributed by atoms with Crippen molar-refractivity contribution < 1.29 is 18.0 Å². The number of benzene rings is 2. The highest BCUT2D eigenvalue weighted by Gasteiger charge is 2.29. The molecule has 0 unspecified atom stereocenters. The molecule has 0 saturated heterocycles. The van der Waals surface area contributed by atoms with Crippen LogP contribution in [0.5, 0.6) is 0 Å². The normalized spacial score (nSPS) is 12.3. The number of anilines is 1. The SMILES string of the molecule is CC[C@H](C(=O)NCC(C)C)N(Cc1ccc(Cl)cc1)C(=O)CCCN(c1ccc(C)cc1)S(C)(=O)=O. The molecule has 2 rings (SSSR count). The first-order valence-electron chi connectivity index (χ1n) is 12.3. The molecule has 0 aliphatic heterocycles. The maximum absolute atomic E-state index is 13.4. The number of aryl methyl sites for hydroxylation is 1. The summed E-state index contributed by atoms with van der Waals surface area (Å²) in [6, 6.07) is 13.8. The van der Waals surface area contributed by atoms with Crippen LogP contribution >= 0.6 is 11.6 Å². The second-order valence-corrected chi connectivity index (χ2v) is 11.8. The molecule has 0 bridgehead atoms. The van der Waals surface area contributed by atoms with Crippen LogP contribution in [0.1, 0.15) is 51.2 Å². The molecule has 0 spiro atoms. The van der Waals surface area contributed by atoms with Crippen molar-refractivity contribution in [2.24, 2.45) is 5.92 Å². The van der Waals surface area contributed by atoms with Crippen molar-refractivity contribution in [3.8, 4) is 0 Å². The molecule has 0 aliphatic rings. The highest BCUT2D eigenvalue weighted by molar-refractivity contribution is 7.92. The van der Waals surface area contributed by atoms with Gasteiger partial charge in [0.1, 0.15) is 6.04 Å². The van der Waals surface area contributed by atoms with Crippen molar-refractivity contribution in [3.05, 3.63) is 64.7 Å². The van der Waals surface area contributed by atoms with E-state index in [1.807, 2.05) is 52.0 Å². The van der Waals surface area contributed by atoms with E-state index in [9.17, 15) is 18.0 Å². The van der Waals surface area contributed by atoms with E-state index in [2.05, 4.69) is 5.32 Å². The summed E-state index contributed by atoms with van der Waals surface area (Å²) < 4.78 is 26.2. The fourth-order valence-corrected chi connectivity index (χ4v) is 4.93. The lowest BCUT2D eigenvalue weighted by Crippen LogP contribution is -2.49. The topological polar surface area (TPSA) is 86.8 Å². The molecule has 0 aromatic heterocycles. The van der Waals surface area contributed by atoms with Crippen LogP contribution in [-0.2, 0) is 26.2 Å². The van der Waals surface area contributed by atoms with Gasteiger partial charge < -0.3 is 10.2 Å². The lowest BCUT2D eigenvalue weighted by atomic mass is 10.1. The van der Waals surface area contributed by atoms with E-state index < -0.39 is 16.1 Å². The number of carbonyl (C=O) groups is 2. The van der Waals surface area contributed by atoms with Crippen molar-refractivity contribution in [2.75, 3.05) is 23.7 Å². The number of nitrogens with one attached hydrogen (secondary N) is 1. The Balaban J connectivity index is 2.19. The van der Waals surface area contributed by atoms with E-state index in [0.29, 0.717) is 30.1 Å². The zero-order valence-electron chi connectivity index (χ0n) is 21.8. The van der Waals surface area contributed by atoms with Crippen LogP contribution in [0.25, 0.3) is 0 Å². The van der Waals surface area contributed by atoms with Crippen LogP contribution in [0.15, 0.2) is 48.5 Å². The average molecular weight is 536 g/mol. The first-order valence-corrected chi connectivity index (χ1v) is 14.5. The van der Waals surface area contributed by atoms with Gasteiger partial charge in [-0.3, -0.25) is 13.9 Å². The summed E-state index contributed by atoms with van der Waals surface area (Å²) in [6.07, 6.45) is 2.05. The minimum atomic E-state index is -3.52. The highest BCUT2D eigenvalue weighted by atomic mass is 35.5. The molecule has 0 heterocycles. The van der Waals surface area contributed by atoms with Gasteiger partial charge in [0.2, 0.25) is 21.8 Å². The number of nitrogens with zero attached hydrogens (tertiary/aromatic N) is 2. The third-order valence-corrected chi connectivity index (χ3v) is 7.26. The van der Waals surface area contributed by atoms with Crippen LogP contribution in [0.3, 0.4) is 0 Å². The first kappa shape index (κ1) is 29.6. The maximum Gasteiger partial charge on any atom is 0.242 e. The first-order chi connectivity index (χ1) is 16.9. The Morgan fingerprint density at radius 2 is 1.64 bits per heavy atom. The Hall–Kier alpha value is -2.58. The van der Waals surface area contributed by atoms with Gasteiger partial charge in [0.25, 0.3) is 0 Å². The van der Waals surface area contributed by atoms with E-state index in [1.54, 1.807) is 29.2 Å². The molecular weight excluding hydrogens is 498 g/mol. The minimum Gasteiger partial charge on any atom is -0.354 e. The summed E-state index contributed by atoms with van der Waals surface area (Å²) in [7, 11) is -3.52. The molecule has 1 N–H and O–H groups in total. The Morgan fingerprint density at radius 1 is 1.03 bits per heavy atom. The van der Waals surface area contributed by atoms with Gasteiger partial charge in [-0.1, -0.05) is 62.2 Å². The van der Waals surface area contributed by atoms with E-state index in [4.69, 9.17) is 11.6 Å². The van der Waals surface area contributed by atoms with E-state index >= 15 is 0 Å². The molecule has 2 aromatic carbocycles. The third kappa shape index (κ3) is 9.13. The van der Waals surface area contributed by atoms with Crippen LogP contribution in [-0.4, -0.2) is 50.5 Å². The van der Waals surface area contributed by atoms with Crippen LogP contribution in [0, 0.1) is 12.8 Å². The third-order valence-electron chi connectivity index (χ3n) is 5.81. The number of hydrogen-bond donors (Lipinski definition) is 1. The zero-order chi connectivity index (χ0) is 26.9. The number of rotatable bonds is 13. The Morgan fingerprint density at radius 3 is 2.17 bits per heavy atom. The zero-order valence-corrected chi connectivity index (χ0v) is 23.4. The molecule has 0 fully saturated rings. The van der Waals surface area contributed by atoms with E-state index in [0.717, 1.165) is 17.4 Å². The van der Waals surface area contributed by atoms with Gasteiger partial charge in [-0.25, -0.2) is 8.42 Å². The second-order valence-electron chi connectivity index (χ2n) is 9.49. The molecule has 198 valence electrons. The summed E-state index contributed by atoms with van der Waals surface area (Å²) in [5, 5.41) is 3.54. The monoisotopic (exact) mass is 535 g/mol. The molecule has 0 radical (unpaired) electrons. The Kier molecular flexibility index (Phi) is 11.2. The smallest absolute Gasteiger partial charge is 0.242 e. The Labute approximate surface area is 220 Å². The number of hydrogen-bond acceptors (Lipinski definition) is 4. The number of carbonyl (C=O) groups excluding carboxylic acids is 2. The molecule has 1 atom stereocenters. The largest absolute Gasteiger partial charge is 0.354 e. The summed E-state index contributed by atoms with van der Waals surface area (Å²) >= 11 is 6.02. The number of sulfonamides is 1. The van der Waals surface area contributed by atoms with Crippen molar-refractivity contribution in [1.82, 2.24) is 10.2 Å². The minimum absolute atomic E-state index is 0.111. The van der Waals surface area contributed by atoms with Crippen LogP contribution in [0.2, 0.25) is 5.02 Å². The van der Waals surface area contributed by atoms with Crippen molar-refractivity contribution in [3.63, 3.8) is 0 Å². The van der Waals surface area contributed by atoms with Crippen LogP contribution < -0.4 is 9.62 Å². The van der Waals surface area contributed by atoms with Gasteiger partial charge in [-0.05, 0) is 55.5 Å². The van der Waals surface area contributed by atoms with Gasteiger partial charge in [0.05, 0.1) is 11.9 Å². The lowest BCUT2D eigenvalue weighted by Gasteiger charge is -2.31. The maximum atomic E-state index is 13.4. The predicted octanol–water partition coefficient (Wildman–Crippen LogP) is 4.77. The number of amides is 2. The summed E-state index contributed by atoms with van der Waals surface area (Å²) in [5.74, 6) is -0.101. The predicted molar refractivity (Wildman–Crippen MR) is 147 cm³/mol. The molecule has 0 saturated carbocycles. The fraction of sp³-hybridized carbons (Fsp3) is 0.481. The fourth-order valence-electron chi connectivity index (χ4n) is 3.84. The standard InChI is InChI=1S/C27H38ClN3O4S/c1-6-25(27(33)29-18-20(2)3)30(19-22-11-13-23(28)14-12-22)26(32)8-7-17-31(36(5,34)35)24-15-9-21(4)10-16-24/h9-16,20,25H,6-8,17-19H2,1-5H3,(H,29,33)/t25-/m1/s1. The van der Waals surface area contributed by atoms with Gasteiger partial charge in [0.15, 0.2) is 0 Å². The summed E-state index contributed by atoms with van der Waals surface area (Å²) in [4.78, 5) is 28.0. The van der Waals surface area contributed by atoms with E-state index in [-0.39, 0.29) is 37.2 Å². The molecular formula is C27H38ClN3O4S. The van der Waals surface area contributed by atoms with Crippen molar-refractivity contribution in [2.45, 2.75) is 59.5 Å². The van der Waals surface area contributed by atoms with Gasteiger partial charge in [-0.2, -0.15) is 0 Å². The van der Waals surface area contributed by atoms with Crippen molar-refractivity contribution >= 4 is 39.1 Å². The Bertz CT molecular complexity index is 1100. The summed E-state index contributed by atoms with van der Waals surface area (Å²) in [6.45, 7) is 8.79. The highest BCUT2D eigenvalue weighted by Crippen LogP contribution is 2.20. The quantitative estimate of drug-likeness (QED) is 0.400. The molecule has 2 aromatic rings. The lowest BCUT2D eigenvalue weighted by molar-refractivity contribution is -0.141. The van der Waals surface area contributed by atoms with Gasteiger partial charge in [-0.15, -0.1) is 0 Å². The van der Waals surface area contributed by atoms with Gasteiger partial charge >= 0.3 is 0 Å². The molecule has 9 heteroatoms. The van der Waals surface area contributed by atoms with Gasteiger partial charge in [0, 0.05) is 31.1 Å². The second kappa shape index (κ2) is 13.7. The van der Waals surface area contributed by atoms with Crippen LogP contribution in [0.4, 0.5) is 5.69 Å². The summed E-state index contributed by atoms with van der Waals surface area (Å²) in [5.41, 5.74) is 2.45. The molecule has 36 heavy (non-hydrogen) atoms.